The zero-order valence-corrected chi connectivity index (χ0v) is 39.1. The first-order valence-electron chi connectivity index (χ1n) is 24.6. The molecule has 72 heavy (non-hydrogen) atoms. The lowest BCUT2D eigenvalue weighted by Gasteiger charge is -2.12. The summed E-state index contributed by atoms with van der Waals surface area (Å²) < 4.78 is 9.56. The normalized spacial score (nSPS) is 11.9. The van der Waals surface area contributed by atoms with Crippen molar-refractivity contribution in [1.82, 2.24) is 23.3 Å². The third-order valence-electron chi connectivity index (χ3n) is 14.8. The van der Waals surface area contributed by atoms with Gasteiger partial charge in [-0.3, -0.25) is 4.57 Å². The van der Waals surface area contributed by atoms with Gasteiger partial charge in [-0.15, -0.1) is 0 Å². The summed E-state index contributed by atoms with van der Waals surface area (Å²) >= 11 is 0. The molecule has 4 heterocycles. The molecule has 0 atom stereocenters. The van der Waals surface area contributed by atoms with Gasteiger partial charge in [0.05, 0.1) is 44.1 Å². The number of benzene rings is 11. The van der Waals surface area contributed by atoms with Crippen molar-refractivity contribution in [1.29, 1.82) is 0 Å². The van der Waals surface area contributed by atoms with Gasteiger partial charge in [-0.2, -0.15) is 0 Å². The van der Waals surface area contributed by atoms with Gasteiger partial charge in [-0.25, -0.2) is 4.98 Å². The van der Waals surface area contributed by atoms with Crippen LogP contribution in [0.5, 0.6) is 0 Å². The number of nitrogens with zero attached hydrogens (tertiary/aromatic N) is 5. The van der Waals surface area contributed by atoms with Gasteiger partial charge in [-0.1, -0.05) is 146 Å². The molecule has 0 aliphatic carbocycles. The number of hydrogen-bond acceptors (Lipinski definition) is 1. The number of hydrogen-bond donors (Lipinski definition) is 0. The standard InChI is InChI=1S/C67H43N5/c1-4-18-44(19-5-1)46-36-40-60-55(42-46)56-43-50(39-41-61(56)69(60)47-20-6-2-7-21-47)71-59-30-14-11-25-54(59)66-52(27-17-33-64(66)71)51-26-16-32-63-65(51)53-24-10-13-29-58(53)70(63)49-37-34-45(35-38-49)67-68-57-28-12-15-31-62(57)72(67)48-22-8-3-9-23-48/h1-43H. The van der Waals surface area contributed by atoms with Gasteiger partial charge < -0.3 is 13.7 Å². The van der Waals surface area contributed by atoms with Crippen molar-refractivity contribution in [2.75, 3.05) is 0 Å². The van der Waals surface area contributed by atoms with Gasteiger partial charge in [0, 0.05) is 60.6 Å². The Bertz CT molecular complexity index is 4590. The van der Waals surface area contributed by atoms with Crippen LogP contribution >= 0.6 is 0 Å². The maximum Gasteiger partial charge on any atom is 0.145 e. The second-order valence-electron chi connectivity index (χ2n) is 18.7. The summed E-state index contributed by atoms with van der Waals surface area (Å²) in [6.07, 6.45) is 0. The molecule has 0 fully saturated rings. The average Bonchev–Trinajstić information content (AvgIpc) is 4.20. The SMILES string of the molecule is c1ccc(-c2ccc3c(c2)c2cc(-n4c5ccccc5c5c(-c6cccc7c6c6ccccc6n7-c6ccc(-c7nc8ccccc8n7-c7ccccc7)cc6)cccc54)ccc2n3-c2ccccc2)cc1. The van der Waals surface area contributed by atoms with Crippen LogP contribution in [0.15, 0.2) is 261 Å². The minimum Gasteiger partial charge on any atom is -0.309 e. The zero-order chi connectivity index (χ0) is 47.3. The molecule has 336 valence electrons. The molecule has 15 rings (SSSR count). The van der Waals surface area contributed by atoms with Gasteiger partial charge in [-0.05, 0) is 138 Å². The summed E-state index contributed by atoms with van der Waals surface area (Å²) in [5.41, 5.74) is 19.4. The van der Waals surface area contributed by atoms with Crippen molar-refractivity contribution in [3.8, 4) is 56.4 Å². The molecule has 0 saturated heterocycles. The highest BCUT2D eigenvalue weighted by Gasteiger charge is 2.23. The average molecular weight is 918 g/mol. The molecule has 5 nitrogen and oxygen atoms in total. The number of imidazole rings is 1. The highest BCUT2D eigenvalue weighted by atomic mass is 15.1. The molecule has 0 spiro atoms. The molecule has 15 aromatic rings. The molecule has 0 aliphatic rings. The second kappa shape index (κ2) is 15.9. The summed E-state index contributed by atoms with van der Waals surface area (Å²) in [4.78, 5) is 5.17. The van der Waals surface area contributed by atoms with Crippen molar-refractivity contribution in [3.05, 3.63) is 261 Å². The van der Waals surface area contributed by atoms with Crippen LogP contribution in [-0.4, -0.2) is 23.3 Å². The Kier molecular flexibility index (Phi) is 8.89. The molecular weight excluding hydrogens is 875 g/mol. The van der Waals surface area contributed by atoms with Crippen LogP contribution in [0.3, 0.4) is 0 Å². The predicted octanol–water partition coefficient (Wildman–Crippen LogP) is 17.3. The minimum atomic E-state index is 0.918. The first kappa shape index (κ1) is 40.2. The zero-order valence-electron chi connectivity index (χ0n) is 39.1. The van der Waals surface area contributed by atoms with E-state index in [2.05, 4.69) is 279 Å². The predicted molar refractivity (Wildman–Crippen MR) is 300 cm³/mol. The van der Waals surface area contributed by atoms with E-state index < -0.39 is 0 Å². The molecule has 0 unspecified atom stereocenters. The second-order valence-corrected chi connectivity index (χ2v) is 18.7. The Morgan fingerprint density at radius 2 is 0.667 bits per heavy atom. The lowest BCUT2D eigenvalue weighted by molar-refractivity contribution is 1.10. The smallest absolute Gasteiger partial charge is 0.145 e. The monoisotopic (exact) mass is 917 g/mol. The molecule has 0 amide bonds. The van der Waals surface area contributed by atoms with E-state index in [1.807, 2.05) is 0 Å². The van der Waals surface area contributed by atoms with E-state index in [-0.39, 0.29) is 0 Å². The first-order chi connectivity index (χ1) is 35.7. The minimum absolute atomic E-state index is 0.918. The number of rotatable bonds is 7. The van der Waals surface area contributed by atoms with E-state index in [1.165, 1.54) is 76.6 Å². The molecule has 0 saturated carbocycles. The van der Waals surface area contributed by atoms with E-state index in [1.54, 1.807) is 0 Å². The van der Waals surface area contributed by atoms with E-state index in [4.69, 9.17) is 4.98 Å². The van der Waals surface area contributed by atoms with E-state index in [0.717, 1.165) is 56.2 Å². The van der Waals surface area contributed by atoms with Gasteiger partial charge in [0.2, 0.25) is 0 Å². The molecule has 5 heteroatoms. The molecule has 0 N–H and O–H groups in total. The molecule has 4 aromatic heterocycles. The summed E-state index contributed by atoms with van der Waals surface area (Å²) in [5.74, 6) is 0.918. The van der Waals surface area contributed by atoms with Crippen LogP contribution in [0.25, 0.3) is 133 Å². The molecule has 0 radical (unpaired) electrons. The lowest BCUT2D eigenvalue weighted by Crippen LogP contribution is -1.98. The molecule has 0 bridgehead atoms. The Labute approximate surface area is 414 Å². The molecule has 11 aromatic carbocycles. The third-order valence-corrected chi connectivity index (χ3v) is 14.8. The fourth-order valence-electron chi connectivity index (χ4n) is 11.7. The maximum absolute atomic E-state index is 5.17. The third kappa shape index (κ3) is 6.04. The Hall–Kier alpha value is -9.71. The largest absolute Gasteiger partial charge is 0.309 e. The van der Waals surface area contributed by atoms with Gasteiger partial charge in [0.1, 0.15) is 5.82 Å². The number of aromatic nitrogens is 5. The van der Waals surface area contributed by atoms with Crippen molar-refractivity contribution in [2.24, 2.45) is 0 Å². The maximum atomic E-state index is 5.17. The fraction of sp³-hybridized carbons (Fsp3) is 0. The highest BCUT2D eigenvalue weighted by molar-refractivity contribution is 6.22. The molecule has 0 aliphatic heterocycles. The van der Waals surface area contributed by atoms with E-state index in [0.29, 0.717) is 0 Å². The summed E-state index contributed by atoms with van der Waals surface area (Å²) in [6, 6.07) is 94.6. The fourth-order valence-corrected chi connectivity index (χ4v) is 11.7. The van der Waals surface area contributed by atoms with Gasteiger partial charge in [0.25, 0.3) is 0 Å². The van der Waals surface area contributed by atoms with Crippen molar-refractivity contribution < 1.29 is 0 Å². The summed E-state index contributed by atoms with van der Waals surface area (Å²) in [6.45, 7) is 0. The van der Waals surface area contributed by atoms with Crippen LogP contribution in [0.1, 0.15) is 0 Å². The van der Waals surface area contributed by atoms with Crippen molar-refractivity contribution in [2.45, 2.75) is 0 Å². The summed E-state index contributed by atoms with van der Waals surface area (Å²) in [7, 11) is 0. The van der Waals surface area contributed by atoms with Crippen molar-refractivity contribution >= 4 is 76.5 Å². The topological polar surface area (TPSA) is 32.6 Å². The van der Waals surface area contributed by atoms with Gasteiger partial charge in [0.15, 0.2) is 0 Å². The number of para-hydroxylation sites is 6. The van der Waals surface area contributed by atoms with E-state index >= 15 is 0 Å². The van der Waals surface area contributed by atoms with Crippen LogP contribution in [0.4, 0.5) is 0 Å². The molecular formula is C67H43N5. The van der Waals surface area contributed by atoms with Crippen molar-refractivity contribution in [3.63, 3.8) is 0 Å². The highest BCUT2D eigenvalue weighted by Crippen LogP contribution is 2.45. The number of fused-ring (bicyclic) bond motifs is 10. The van der Waals surface area contributed by atoms with Gasteiger partial charge >= 0.3 is 0 Å². The van der Waals surface area contributed by atoms with Crippen LogP contribution in [0.2, 0.25) is 0 Å². The van der Waals surface area contributed by atoms with Crippen LogP contribution in [0, 0.1) is 0 Å². The summed E-state index contributed by atoms with van der Waals surface area (Å²) in [5, 5.41) is 7.35. The lowest BCUT2D eigenvalue weighted by atomic mass is 9.95. The van der Waals surface area contributed by atoms with Crippen LogP contribution in [-0.2, 0) is 0 Å². The Morgan fingerprint density at radius 3 is 1.31 bits per heavy atom. The quantitative estimate of drug-likeness (QED) is 0.157. The van der Waals surface area contributed by atoms with Crippen LogP contribution < -0.4 is 0 Å². The first-order valence-corrected chi connectivity index (χ1v) is 24.6. The Balaban J connectivity index is 0.909. The van der Waals surface area contributed by atoms with E-state index in [9.17, 15) is 0 Å². The Morgan fingerprint density at radius 1 is 0.236 bits per heavy atom.